The van der Waals surface area contributed by atoms with Crippen molar-refractivity contribution in [2.75, 3.05) is 6.54 Å². The highest BCUT2D eigenvalue weighted by atomic mass is 16.6. The van der Waals surface area contributed by atoms with Crippen molar-refractivity contribution in [3.8, 4) is 0 Å². The lowest BCUT2D eigenvalue weighted by atomic mass is 10.1. The van der Waals surface area contributed by atoms with Gasteiger partial charge in [-0.1, -0.05) is 20.3 Å². The minimum atomic E-state index is -1.24. The Balaban J connectivity index is 4.02. The number of nitrogens with two attached hydrogens (primary N) is 1. The fourth-order valence-corrected chi connectivity index (χ4v) is 2.15. The van der Waals surface area contributed by atoms with Gasteiger partial charge in [0.2, 0.25) is 5.91 Å². The maximum atomic E-state index is 11.8. The van der Waals surface area contributed by atoms with Crippen molar-refractivity contribution in [2.24, 2.45) is 11.7 Å². The molecule has 0 bridgehead atoms. The van der Waals surface area contributed by atoms with Crippen molar-refractivity contribution in [2.45, 2.75) is 70.9 Å². The zero-order valence-corrected chi connectivity index (χ0v) is 15.4. The monoisotopic (exact) mass is 374 g/mol. The summed E-state index contributed by atoms with van der Waals surface area (Å²) in [6.07, 6.45) is 1.06. The van der Waals surface area contributed by atoms with Crippen molar-refractivity contribution in [1.82, 2.24) is 5.32 Å². The molecular weight excluding hydrogens is 344 g/mol. The number of carboxylic acids is 2. The number of carbonyl (C=O) groups excluding carboxylic acids is 2. The highest BCUT2D eigenvalue weighted by Gasteiger charge is 2.26. The Morgan fingerprint density at radius 1 is 1.04 bits per heavy atom. The largest absolute Gasteiger partial charge is 0.481 e. The molecule has 0 saturated heterocycles. The summed E-state index contributed by atoms with van der Waals surface area (Å²) in [6.45, 7) is 4.05. The summed E-state index contributed by atoms with van der Waals surface area (Å²) in [4.78, 5) is 45.0. The second-order valence-corrected chi connectivity index (χ2v) is 6.59. The molecule has 0 heterocycles. The second kappa shape index (κ2) is 13.1. The molecular formula is C17H30N2O7. The number of aliphatic carboxylic acids is 2. The normalized spacial score (nSPS) is 13.1. The standard InChI is InChI=1S/C17H30N2O7/c1-11(2)10-13(16(23)24)26-17(25)12(18)7-8-14(20)19-9-5-3-4-6-15(21)22/h11-13H,3-10,18H2,1-2H3,(H,19,20)(H,21,22)(H,23,24)/t12-,13+/m0/s1. The van der Waals surface area contributed by atoms with Crippen molar-refractivity contribution in [3.63, 3.8) is 0 Å². The molecule has 0 aromatic heterocycles. The van der Waals surface area contributed by atoms with E-state index in [0.29, 0.717) is 25.8 Å². The number of hydrogen-bond acceptors (Lipinski definition) is 6. The molecule has 0 aliphatic carbocycles. The Labute approximate surface area is 153 Å². The molecule has 0 rings (SSSR count). The first-order valence-electron chi connectivity index (χ1n) is 8.80. The predicted molar refractivity (Wildman–Crippen MR) is 93.3 cm³/mol. The van der Waals surface area contributed by atoms with Gasteiger partial charge in [-0.15, -0.1) is 0 Å². The molecule has 1 amide bonds. The number of unbranched alkanes of at least 4 members (excludes halogenated alkanes) is 2. The Kier molecular flexibility index (Phi) is 12.0. The zero-order valence-electron chi connectivity index (χ0n) is 15.4. The summed E-state index contributed by atoms with van der Waals surface area (Å²) >= 11 is 0. The molecule has 0 aromatic carbocycles. The van der Waals surface area contributed by atoms with Crippen molar-refractivity contribution >= 4 is 23.8 Å². The molecule has 9 heteroatoms. The topological polar surface area (TPSA) is 156 Å². The van der Waals surface area contributed by atoms with Crippen LogP contribution in [0.25, 0.3) is 0 Å². The van der Waals surface area contributed by atoms with Crippen LogP contribution in [0.5, 0.6) is 0 Å². The third-order valence-corrected chi connectivity index (χ3v) is 3.59. The molecule has 0 aliphatic heterocycles. The lowest BCUT2D eigenvalue weighted by molar-refractivity contribution is -0.166. The number of carboxylic acid groups (broad SMARTS) is 2. The van der Waals surface area contributed by atoms with Crippen LogP contribution in [0.3, 0.4) is 0 Å². The number of hydrogen-bond donors (Lipinski definition) is 4. The first kappa shape index (κ1) is 23.8. The van der Waals surface area contributed by atoms with Gasteiger partial charge < -0.3 is 26.0 Å². The smallest absolute Gasteiger partial charge is 0.345 e. The van der Waals surface area contributed by atoms with Gasteiger partial charge in [-0.3, -0.25) is 14.4 Å². The molecule has 26 heavy (non-hydrogen) atoms. The molecule has 9 nitrogen and oxygen atoms in total. The van der Waals surface area contributed by atoms with E-state index >= 15 is 0 Å². The number of ether oxygens (including phenoxy) is 1. The van der Waals surface area contributed by atoms with E-state index in [4.69, 9.17) is 20.7 Å². The van der Waals surface area contributed by atoms with Crippen LogP contribution in [0.15, 0.2) is 0 Å². The van der Waals surface area contributed by atoms with Gasteiger partial charge in [-0.25, -0.2) is 4.79 Å². The first-order valence-corrected chi connectivity index (χ1v) is 8.80. The van der Waals surface area contributed by atoms with Crippen LogP contribution in [-0.4, -0.2) is 52.7 Å². The van der Waals surface area contributed by atoms with Crippen molar-refractivity contribution in [1.29, 1.82) is 0 Å². The first-order chi connectivity index (χ1) is 12.1. The fraction of sp³-hybridized carbons (Fsp3) is 0.765. The third kappa shape index (κ3) is 12.2. The van der Waals surface area contributed by atoms with Crippen LogP contribution >= 0.6 is 0 Å². The number of esters is 1. The van der Waals surface area contributed by atoms with E-state index in [2.05, 4.69) is 5.32 Å². The Morgan fingerprint density at radius 3 is 2.23 bits per heavy atom. The highest BCUT2D eigenvalue weighted by molar-refractivity contribution is 5.82. The van der Waals surface area contributed by atoms with Gasteiger partial charge in [0, 0.05) is 19.4 Å². The molecule has 0 unspecified atom stereocenters. The van der Waals surface area contributed by atoms with Crippen LogP contribution < -0.4 is 11.1 Å². The van der Waals surface area contributed by atoms with Crippen LogP contribution in [0, 0.1) is 5.92 Å². The number of carbonyl (C=O) groups is 4. The molecule has 0 spiro atoms. The fourth-order valence-electron chi connectivity index (χ4n) is 2.15. The summed E-state index contributed by atoms with van der Waals surface area (Å²) in [5, 5.41) is 20.2. The van der Waals surface area contributed by atoms with Gasteiger partial charge >= 0.3 is 17.9 Å². The summed E-state index contributed by atoms with van der Waals surface area (Å²) in [5.74, 6) is -3.13. The van der Waals surface area contributed by atoms with E-state index in [1.165, 1.54) is 0 Å². The Bertz CT molecular complexity index is 480. The summed E-state index contributed by atoms with van der Waals surface area (Å²) in [7, 11) is 0. The SMILES string of the molecule is CC(C)C[C@@H](OC(=O)[C@@H](N)CCC(=O)NCCCCCC(=O)O)C(=O)O. The number of rotatable bonds is 14. The van der Waals surface area contributed by atoms with Gasteiger partial charge in [0.05, 0.1) is 0 Å². The Hall–Kier alpha value is -2.16. The maximum Gasteiger partial charge on any atom is 0.345 e. The van der Waals surface area contributed by atoms with Crippen LogP contribution in [0.1, 0.15) is 58.8 Å². The van der Waals surface area contributed by atoms with E-state index in [-0.39, 0.29) is 37.5 Å². The van der Waals surface area contributed by atoms with Gasteiger partial charge in [-0.05, 0) is 31.6 Å². The molecule has 0 aliphatic rings. The van der Waals surface area contributed by atoms with Gasteiger partial charge in [0.25, 0.3) is 0 Å². The lowest BCUT2D eigenvalue weighted by Crippen LogP contribution is -2.39. The minimum Gasteiger partial charge on any atom is -0.481 e. The van der Waals surface area contributed by atoms with Gasteiger partial charge in [0.1, 0.15) is 6.04 Å². The summed E-state index contributed by atoms with van der Waals surface area (Å²) in [6, 6.07) is -1.06. The molecule has 0 saturated carbocycles. The maximum absolute atomic E-state index is 11.8. The quantitative estimate of drug-likeness (QED) is 0.258. The van der Waals surface area contributed by atoms with E-state index in [0.717, 1.165) is 0 Å². The second-order valence-electron chi connectivity index (χ2n) is 6.59. The molecule has 0 radical (unpaired) electrons. The van der Waals surface area contributed by atoms with E-state index in [9.17, 15) is 19.2 Å². The summed E-state index contributed by atoms with van der Waals surface area (Å²) in [5.41, 5.74) is 5.66. The molecule has 2 atom stereocenters. The highest BCUT2D eigenvalue weighted by Crippen LogP contribution is 2.10. The van der Waals surface area contributed by atoms with Crippen molar-refractivity contribution < 1.29 is 34.1 Å². The Morgan fingerprint density at radius 2 is 1.69 bits per heavy atom. The van der Waals surface area contributed by atoms with Crippen molar-refractivity contribution in [3.05, 3.63) is 0 Å². The molecule has 5 N–H and O–H groups in total. The summed E-state index contributed by atoms with van der Waals surface area (Å²) < 4.78 is 4.92. The van der Waals surface area contributed by atoms with Crippen LogP contribution in [0.2, 0.25) is 0 Å². The predicted octanol–water partition coefficient (Wildman–Crippen LogP) is 0.898. The number of amides is 1. The van der Waals surface area contributed by atoms with Crippen LogP contribution in [-0.2, 0) is 23.9 Å². The van der Waals surface area contributed by atoms with E-state index < -0.39 is 30.1 Å². The van der Waals surface area contributed by atoms with Crippen LogP contribution in [0.4, 0.5) is 0 Å². The van der Waals surface area contributed by atoms with E-state index in [1.54, 1.807) is 0 Å². The zero-order chi connectivity index (χ0) is 20.1. The molecule has 0 fully saturated rings. The van der Waals surface area contributed by atoms with Gasteiger partial charge in [0.15, 0.2) is 6.10 Å². The lowest BCUT2D eigenvalue weighted by Gasteiger charge is -2.18. The molecule has 150 valence electrons. The average Bonchev–Trinajstić information content (AvgIpc) is 2.54. The molecule has 0 aromatic rings. The number of nitrogens with one attached hydrogen (secondary N) is 1. The van der Waals surface area contributed by atoms with Gasteiger partial charge in [-0.2, -0.15) is 0 Å². The third-order valence-electron chi connectivity index (χ3n) is 3.59. The average molecular weight is 374 g/mol. The van der Waals surface area contributed by atoms with E-state index in [1.807, 2.05) is 13.8 Å². The minimum absolute atomic E-state index is 0.0211.